The topological polar surface area (TPSA) is 193 Å². The molecule has 5 atom stereocenters. The summed E-state index contributed by atoms with van der Waals surface area (Å²) >= 11 is 1.30. The Kier molecular flexibility index (Phi) is 17.0. The standard InChI is InChI=1S/C30H53N5O8S2/c1-10-45(41,42)16-23(34-30(40)43-14-25-32-21(9)15-44-25)28(38)33-22(11-17(2)3)24(36)12-20(8)27(37)35-26(19(6)7)29(39)31-13-18(4)5/h15,17-20,22-24,26,36H,10-14,16H2,1-9H3,(H,31,39)(H,33,38)(H,34,40)(H,35,37)/t20-,22-,23+,24+,26-/m1/s1. The fourth-order valence-electron chi connectivity index (χ4n) is 4.32. The Morgan fingerprint density at radius 2 is 1.58 bits per heavy atom. The van der Waals surface area contributed by atoms with Gasteiger partial charge in [0.05, 0.1) is 17.9 Å². The second-order valence-electron chi connectivity index (χ2n) is 12.7. The van der Waals surface area contributed by atoms with Crippen LogP contribution in [0, 0.1) is 30.6 Å². The van der Waals surface area contributed by atoms with E-state index < -0.39 is 63.6 Å². The van der Waals surface area contributed by atoms with E-state index in [0.717, 1.165) is 5.69 Å². The highest BCUT2D eigenvalue weighted by molar-refractivity contribution is 7.91. The van der Waals surface area contributed by atoms with Crippen molar-refractivity contribution in [1.29, 1.82) is 0 Å². The molecule has 0 aliphatic rings. The number of ether oxygens (including phenoxy) is 1. The third kappa shape index (κ3) is 15.4. The SMILES string of the molecule is CCS(=O)(=O)C[C@H](NC(=O)OCc1nc(C)cs1)C(=O)N[C@H](CC(C)C)[C@@H](O)C[C@@H](C)C(=O)N[C@@H](C(=O)NCC(C)C)C(C)C. The maximum absolute atomic E-state index is 13.4. The molecular weight excluding hydrogens is 622 g/mol. The Balaban J connectivity index is 3.00. The smallest absolute Gasteiger partial charge is 0.408 e. The van der Waals surface area contributed by atoms with E-state index in [1.165, 1.54) is 18.3 Å². The van der Waals surface area contributed by atoms with E-state index in [1.807, 2.05) is 41.5 Å². The van der Waals surface area contributed by atoms with Gasteiger partial charge in [-0.15, -0.1) is 11.3 Å². The number of hydrogen-bond donors (Lipinski definition) is 5. The van der Waals surface area contributed by atoms with Crippen LogP contribution in [0.3, 0.4) is 0 Å². The van der Waals surface area contributed by atoms with E-state index in [9.17, 15) is 32.7 Å². The fourth-order valence-corrected chi connectivity index (χ4v) is 5.98. The number of carbonyl (C=O) groups is 4. The average molecular weight is 676 g/mol. The molecule has 1 aromatic heterocycles. The van der Waals surface area contributed by atoms with Crippen molar-refractivity contribution in [3.63, 3.8) is 0 Å². The van der Waals surface area contributed by atoms with Gasteiger partial charge in [-0.3, -0.25) is 14.4 Å². The van der Waals surface area contributed by atoms with Crippen LogP contribution in [0.4, 0.5) is 4.79 Å². The number of aromatic nitrogens is 1. The molecule has 0 unspecified atom stereocenters. The van der Waals surface area contributed by atoms with E-state index in [4.69, 9.17) is 4.74 Å². The molecule has 4 amide bonds. The first kappa shape index (κ1) is 40.2. The van der Waals surface area contributed by atoms with Gasteiger partial charge >= 0.3 is 6.09 Å². The molecule has 0 aromatic carbocycles. The molecule has 0 aliphatic heterocycles. The van der Waals surface area contributed by atoms with E-state index in [1.54, 1.807) is 19.2 Å². The average Bonchev–Trinajstić information content (AvgIpc) is 3.36. The fraction of sp³-hybridized carbons (Fsp3) is 0.767. The third-order valence-electron chi connectivity index (χ3n) is 6.95. The summed E-state index contributed by atoms with van der Waals surface area (Å²) in [6.07, 6.45) is -1.90. The second-order valence-corrected chi connectivity index (χ2v) is 16.0. The molecule has 1 rings (SSSR count). The highest BCUT2D eigenvalue weighted by Gasteiger charge is 2.33. The molecule has 0 aliphatic carbocycles. The number of hydrogen-bond acceptors (Lipinski definition) is 10. The molecule has 0 saturated carbocycles. The van der Waals surface area contributed by atoms with Crippen molar-refractivity contribution in [3.05, 3.63) is 16.1 Å². The molecule has 0 fully saturated rings. The second kappa shape index (κ2) is 19.0. The van der Waals surface area contributed by atoms with Crippen LogP contribution in [0.2, 0.25) is 0 Å². The van der Waals surface area contributed by atoms with Gasteiger partial charge in [-0.2, -0.15) is 0 Å². The molecule has 0 spiro atoms. The van der Waals surface area contributed by atoms with Crippen LogP contribution in [-0.4, -0.2) is 84.6 Å². The lowest BCUT2D eigenvalue weighted by molar-refractivity contribution is -0.132. The molecule has 15 heteroatoms. The first-order valence-electron chi connectivity index (χ1n) is 15.5. The van der Waals surface area contributed by atoms with Crippen LogP contribution in [0.5, 0.6) is 0 Å². The highest BCUT2D eigenvalue weighted by atomic mass is 32.2. The number of aryl methyl sites for hydroxylation is 1. The summed E-state index contributed by atoms with van der Waals surface area (Å²) in [7, 11) is -3.71. The number of rotatable bonds is 19. The number of sulfone groups is 1. The number of amides is 4. The third-order valence-corrected chi connectivity index (χ3v) is 9.61. The van der Waals surface area contributed by atoms with Gasteiger partial charge in [0.1, 0.15) is 23.7 Å². The summed E-state index contributed by atoms with van der Waals surface area (Å²) in [5.41, 5.74) is 0.763. The lowest BCUT2D eigenvalue weighted by Crippen LogP contribution is -2.56. The van der Waals surface area contributed by atoms with Crippen LogP contribution in [0.25, 0.3) is 0 Å². The summed E-state index contributed by atoms with van der Waals surface area (Å²) in [6, 6.07) is -3.10. The zero-order valence-corrected chi connectivity index (χ0v) is 29.6. The maximum atomic E-state index is 13.4. The van der Waals surface area contributed by atoms with Crippen molar-refractivity contribution in [3.8, 4) is 0 Å². The summed E-state index contributed by atoms with van der Waals surface area (Å²) in [5.74, 6) is -3.06. The number of carbonyl (C=O) groups excluding carboxylic acids is 4. The first-order chi connectivity index (χ1) is 20.8. The van der Waals surface area contributed by atoms with E-state index in [2.05, 4.69) is 26.3 Å². The minimum absolute atomic E-state index is 0.0153. The van der Waals surface area contributed by atoms with E-state index in [0.29, 0.717) is 18.0 Å². The number of aliphatic hydroxyl groups is 1. The van der Waals surface area contributed by atoms with Crippen LogP contribution < -0.4 is 21.3 Å². The van der Waals surface area contributed by atoms with Crippen LogP contribution >= 0.6 is 11.3 Å². The quantitative estimate of drug-likeness (QED) is 0.146. The number of alkyl carbamates (subject to hydrolysis) is 1. The lowest BCUT2D eigenvalue weighted by Gasteiger charge is -2.30. The Morgan fingerprint density at radius 1 is 0.933 bits per heavy atom. The van der Waals surface area contributed by atoms with Crippen LogP contribution in [0.15, 0.2) is 5.38 Å². The zero-order chi connectivity index (χ0) is 34.5. The van der Waals surface area contributed by atoms with Gasteiger partial charge in [-0.05, 0) is 37.5 Å². The maximum Gasteiger partial charge on any atom is 0.408 e. The molecule has 0 radical (unpaired) electrons. The van der Waals surface area contributed by atoms with E-state index >= 15 is 0 Å². The van der Waals surface area contributed by atoms with E-state index in [-0.39, 0.29) is 42.4 Å². The van der Waals surface area contributed by atoms with Gasteiger partial charge in [0.2, 0.25) is 17.7 Å². The summed E-state index contributed by atoms with van der Waals surface area (Å²) < 4.78 is 30.1. The van der Waals surface area contributed by atoms with Crippen molar-refractivity contribution >= 4 is 45.0 Å². The predicted molar refractivity (Wildman–Crippen MR) is 174 cm³/mol. The Labute approximate surface area is 272 Å². The minimum atomic E-state index is -3.71. The van der Waals surface area contributed by atoms with Gasteiger partial charge in [0, 0.05) is 29.3 Å². The number of nitrogens with zero attached hydrogens (tertiary/aromatic N) is 1. The van der Waals surface area contributed by atoms with Crippen molar-refractivity contribution in [1.82, 2.24) is 26.3 Å². The summed E-state index contributed by atoms with van der Waals surface area (Å²) in [4.78, 5) is 55.9. The monoisotopic (exact) mass is 675 g/mol. The zero-order valence-electron chi connectivity index (χ0n) is 28.0. The number of thiazole rings is 1. The van der Waals surface area contributed by atoms with Gasteiger partial charge in [0.15, 0.2) is 9.84 Å². The van der Waals surface area contributed by atoms with Gasteiger partial charge in [-0.25, -0.2) is 18.2 Å². The molecule has 0 saturated heterocycles. The molecule has 1 heterocycles. The molecule has 13 nitrogen and oxygen atoms in total. The molecule has 5 N–H and O–H groups in total. The van der Waals surface area contributed by atoms with Crippen molar-refractivity contribution in [2.24, 2.45) is 23.7 Å². The number of aliphatic hydroxyl groups excluding tert-OH is 1. The molecule has 258 valence electrons. The van der Waals surface area contributed by atoms with Gasteiger partial charge < -0.3 is 31.1 Å². The summed E-state index contributed by atoms with van der Waals surface area (Å²) in [6.45, 7) is 16.5. The summed E-state index contributed by atoms with van der Waals surface area (Å²) in [5, 5.41) is 24.2. The van der Waals surface area contributed by atoms with Gasteiger partial charge in [-0.1, -0.05) is 55.4 Å². The Morgan fingerprint density at radius 3 is 2.09 bits per heavy atom. The normalized spacial score (nSPS) is 15.2. The predicted octanol–water partition coefficient (Wildman–Crippen LogP) is 2.31. The highest BCUT2D eigenvalue weighted by Crippen LogP contribution is 2.17. The minimum Gasteiger partial charge on any atom is -0.442 e. The van der Waals surface area contributed by atoms with Crippen molar-refractivity contribution in [2.75, 3.05) is 18.1 Å². The Hall–Kier alpha value is -2.78. The molecular formula is C30H53N5O8S2. The van der Waals surface area contributed by atoms with Crippen molar-refractivity contribution < 1.29 is 37.4 Å². The molecule has 1 aromatic rings. The molecule has 45 heavy (non-hydrogen) atoms. The van der Waals surface area contributed by atoms with Gasteiger partial charge in [0.25, 0.3) is 0 Å². The van der Waals surface area contributed by atoms with Crippen LogP contribution in [0.1, 0.15) is 78.9 Å². The first-order valence-corrected chi connectivity index (χ1v) is 18.2. The van der Waals surface area contributed by atoms with Crippen molar-refractivity contribution in [2.45, 2.75) is 106 Å². The number of nitrogens with one attached hydrogen (secondary N) is 4. The molecule has 0 bridgehead atoms. The van der Waals surface area contributed by atoms with Crippen LogP contribution in [-0.2, 0) is 35.6 Å². The largest absolute Gasteiger partial charge is 0.442 e. The lowest BCUT2D eigenvalue weighted by atomic mass is 9.91. The Bertz CT molecular complexity index is 1220.